The number of likely N-dealkylation sites (N-methyl/N-ethyl adjacent to an activating group) is 1. The molecule has 1 N–H and O–H groups in total. The third-order valence-electron chi connectivity index (χ3n) is 2.74. The van der Waals surface area contributed by atoms with Gasteiger partial charge in [0, 0.05) is 26.4 Å². The van der Waals surface area contributed by atoms with E-state index in [1.54, 1.807) is 7.11 Å². The fourth-order valence-corrected chi connectivity index (χ4v) is 1.54. The molecular formula is C13H21NO2. The van der Waals surface area contributed by atoms with Crippen molar-refractivity contribution >= 4 is 5.69 Å². The lowest BCUT2D eigenvalue weighted by atomic mass is 10.1. The third kappa shape index (κ3) is 3.51. The normalized spacial score (nSPS) is 12.5. The van der Waals surface area contributed by atoms with Gasteiger partial charge in [-0.2, -0.15) is 0 Å². The maximum absolute atomic E-state index is 9.67. The summed E-state index contributed by atoms with van der Waals surface area (Å²) in [6.45, 7) is 3.56. The monoisotopic (exact) mass is 223 g/mol. The van der Waals surface area contributed by atoms with Crippen LogP contribution in [0.1, 0.15) is 25.0 Å². The minimum atomic E-state index is -0.349. The quantitative estimate of drug-likeness (QED) is 0.802. The Morgan fingerprint density at radius 2 is 1.94 bits per heavy atom. The van der Waals surface area contributed by atoms with Gasteiger partial charge < -0.3 is 14.7 Å². The van der Waals surface area contributed by atoms with Gasteiger partial charge in [0.25, 0.3) is 0 Å². The number of benzene rings is 1. The lowest BCUT2D eigenvalue weighted by Gasteiger charge is -2.19. The first-order valence-electron chi connectivity index (χ1n) is 5.67. The van der Waals surface area contributed by atoms with E-state index < -0.39 is 0 Å². The van der Waals surface area contributed by atoms with Crippen LogP contribution >= 0.6 is 0 Å². The molecule has 0 saturated heterocycles. The molecule has 0 aliphatic heterocycles. The highest BCUT2D eigenvalue weighted by atomic mass is 16.5. The van der Waals surface area contributed by atoms with Crippen molar-refractivity contribution in [3.63, 3.8) is 0 Å². The van der Waals surface area contributed by atoms with Gasteiger partial charge in [0.05, 0.1) is 12.7 Å². The van der Waals surface area contributed by atoms with Crippen LogP contribution < -0.4 is 4.90 Å². The molecule has 0 aromatic heterocycles. The topological polar surface area (TPSA) is 32.7 Å². The SMILES string of the molecule is CCC(O)c1ccc(N(C)CCOC)cc1. The summed E-state index contributed by atoms with van der Waals surface area (Å²) in [6, 6.07) is 8.02. The number of hydrogen-bond donors (Lipinski definition) is 1. The number of nitrogens with zero attached hydrogens (tertiary/aromatic N) is 1. The van der Waals surface area contributed by atoms with Crippen molar-refractivity contribution in [3.05, 3.63) is 29.8 Å². The minimum Gasteiger partial charge on any atom is -0.388 e. The zero-order chi connectivity index (χ0) is 12.0. The minimum absolute atomic E-state index is 0.349. The number of methoxy groups -OCH3 is 1. The summed E-state index contributed by atoms with van der Waals surface area (Å²) in [4.78, 5) is 2.13. The Labute approximate surface area is 97.7 Å². The van der Waals surface area contributed by atoms with Gasteiger partial charge in [-0.25, -0.2) is 0 Å². The average molecular weight is 223 g/mol. The van der Waals surface area contributed by atoms with E-state index in [2.05, 4.69) is 4.90 Å². The molecule has 0 amide bonds. The molecule has 0 aliphatic carbocycles. The van der Waals surface area contributed by atoms with Crippen molar-refractivity contribution in [2.24, 2.45) is 0 Å². The van der Waals surface area contributed by atoms with Crippen LogP contribution in [-0.4, -0.2) is 32.4 Å². The van der Waals surface area contributed by atoms with Gasteiger partial charge in [-0.3, -0.25) is 0 Å². The van der Waals surface area contributed by atoms with Crippen molar-refractivity contribution in [1.82, 2.24) is 0 Å². The van der Waals surface area contributed by atoms with E-state index in [1.807, 2.05) is 38.2 Å². The lowest BCUT2D eigenvalue weighted by molar-refractivity contribution is 0.173. The molecule has 0 bridgehead atoms. The van der Waals surface area contributed by atoms with E-state index in [4.69, 9.17) is 4.74 Å². The molecule has 90 valence electrons. The maximum Gasteiger partial charge on any atom is 0.0787 e. The number of hydrogen-bond acceptors (Lipinski definition) is 3. The fraction of sp³-hybridized carbons (Fsp3) is 0.538. The van der Waals surface area contributed by atoms with E-state index in [9.17, 15) is 5.11 Å². The second-order valence-corrected chi connectivity index (χ2v) is 3.93. The van der Waals surface area contributed by atoms with E-state index in [1.165, 1.54) is 0 Å². The smallest absolute Gasteiger partial charge is 0.0787 e. The van der Waals surface area contributed by atoms with Crippen LogP contribution in [0.4, 0.5) is 5.69 Å². The standard InChI is InChI=1S/C13H21NO2/c1-4-13(15)11-5-7-12(8-6-11)14(2)9-10-16-3/h5-8,13,15H,4,9-10H2,1-3H3. The number of aliphatic hydroxyl groups is 1. The highest BCUT2D eigenvalue weighted by Crippen LogP contribution is 2.20. The molecule has 0 radical (unpaired) electrons. The zero-order valence-corrected chi connectivity index (χ0v) is 10.3. The Morgan fingerprint density at radius 1 is 1.31 bits per heavy atom. The molecule has 1 aromatic rings. The Bertz CT molecular complexity index is 297. The predicted octanol–water partition coefficient (Wildman–Crippen LogP) is 2.21. The number of rotatable bonds is 6. The van der Waals surface area contributed by atoms with Gasteiger partial charge in [0.2, 0.25) is 0 Å². The number of aliphatic hydroxyl groups excluding tert-OH is 1. The van der Waals surface area contributed by atoms with Crippen LogP contribution in [0, 0.1) is 0 Å². The van der Waals surface area contributed by atoms with Crippen molar-refractivity contribution in [1.29, 1.82) is 0 Å². The summed E-state index contributed by atoms with van der Waals surface area (Å²) in [7, 11) is 3.73. The molecule has 0 heterocycles. The summed E-state index contributed by atoms with van der Waals surface area (Å²) in [5, 5.41) is 9.67. The molecule has 3 nitrogen and oxygen atoms in total. The summed E-state index contributed by atoms with van der Waals surface area (Å²) < 4.78 is 5.03. The Kier molecular flexibility index (Phi) is 5.29. The zero-order valence-electron chi connectivity index (χ0n) is 10.3. The highest BCUT2D eigenvalue weighted by molar-refractivity contribution is 5.47. The summed E-state index contributed by atoms with van der Waals surface area (Å²) in [5.41, 5.74) is 2.12. The molecule has 0 fully saturated rings. The number of ether oxygens (including phenoxy) is 1. The molecule has 1 rings (SSSR count). The summed E-state index contributed by atoms with van der Waals surface area (Å²) >= 11 is 0. The largest absolute Gasteiger partial charge is 0.388 e. The van der Waals surface area contributed by atoms with Gasteiger partial charge in [-0.15, -0.1) is 0 Å². The summed E-state index contributed by atoms with van der Waals surface area (Å²) in [5.74, 6) is 0. The van der Waals surface area contributed by atoms with E-state index in [0.717, 1.165) is 30.8 Å². The van der Waals surface area contributed by atoms with Crippen molar-refractivity contribution in [2.75, 3.05) is 32.2 Å². The van der Waals surface area contributed by atoms with Gasteiger partial charge in [0.15, 0.2) is 0 Å². The number of anilines is 1. The van der Waals surface area contributed by atoms with Crippen LogP contribution in [0.3, 0.4) is 0 Å². The molecule has 3 heteroatoms. The molecule has 0 saturated carbocycles. The van der Waals surface area contributed by atoms with E-state index in [0.29, 0.717) is 0 Å². The van der Waals surface area contributed by atoms with Crippen LogP contribution in [0.15, 0.2) is 24.3 Å². The Morgan fingerprint density at radius 3 is 2.44 bits per heavy atom. The molecule has 0 aliphatic rings. The molecule has 0 spiro atoms. The van der Waals surface area contributed by atoms with E-state index in [-0.39, 0.29) is 6.10 Å². The van der Waals surface area contributed by atoms with Gasteiger partial charge >= 0.3 is 0 Å². The first-order valence-corrected chi connectivity index (χ1v) is 5.67. The Hall–Kier alpha value is -1.06. The first-order chi connectivity index (χ1) is 7.69. The molecule has 16 heavy (non-hydrogen) atoms. The molecule has 1 unspecified atom stereocenters. The predicted molar refractivity (Wildman–Crippen MR) is 66.8 cm³/mol. The van der Waals surface area contributed by atoms with Crippen LogP contribution in [0.25, 0.3) is 0 Å². The van der Waals surface area contributed by atoms with Gasteiger partial charge in [-0.1, -0.05) is 19.1 Å². The van der Waals surface area contributed by atoms with E-state index >= 15 is 0 Å². The van der Waals surface area contributed by atoms with Crippen molar-refractivity contribution in [2.45, 2.75) is 19.4 Å². The highest BCUT2D eigenvalue weighted by Gasteiger charge is 2.05. The molecular weight excluding hydrogens is 202 g/mol. The maximum atomic E-state index is 9.67. The Balaban J connectivity index is 2.63. The lowest BCUT2D eigenvalue weighted by Crippen LogP contribution is -2.21. The average Bonchev–Trinajstić information content (AvgIpc) is 2.35. The van der Waals surface area contributed by atoms with Crippen molar-refractivity contribution < 1.29 is 9.84 Å². The second kappa shape index (κ2) is 6.51. The first kappa shape index (κ1) is 13.0. The van der Waals surface area contributed by atoms with Crippen LogP contribution in [0.2, 0.25) is 0 Å². The van der Waals surface area contributed by atoms with Crippen molar-refractivity contribution in [3.8, 4) is 0 Å². The molecule has 1 atom stereocenters. The fourth-order valence-electron chi connectivity index (χ4n) is 1.54. The summed E-state index contributed by atoms with van der Waals surface area (Å²) in [6.07, 6.45) is 0.400. The van der Waals surface area contributed by atoms with Gasteiger partial charge in [0.1, 0.15) is 0 Å². The molecule has 1 aromatic carbocycles. The third-order valence-corrected chi connectivity index (χ3v) is 2.74. The van der Waals surface area contributed by atoms with Crippen LogP contribution in [-0.2, 0) is 4.74 Å². The van der Waals surface area contributed by atoms with Crippen LogP contribution in [0.5, 0.6) is 0 Å². The second-order valence-electron chi connectivity index (χ2n) is 3.93. The van der Waals surface area contributed by atoms with Gasteiger partial charge in [-0.05, 0) is 24.1 Å².